The molecule has 0 aliphatic carbocycles. The molecule has 0 bridgehead atoms. The Hall–Kier alpha value is -1.61. The number of carbonyl (C=O) groups is 1. The fourth-order valence-corrected chi connectivity index (χ4v) is 2.23. The van der Waals surface area contributed by atoms with E-state index in [9.17, 15) is 9.90 Å². The molecule has 3 heteroatoms. The SMILES string of the molecule is Cc1cccc(C=CC(=O)NCC(C)(O)CC(C)C)c1. The topological polar surface area (TPSA) is 49.3 Å². The Balaban J connectivity index is 2.48. The fourth-order valence-electron chi connectivity index (χ4n) is 2.23. The zero-order chi connectivity index (χ0) is 15.2. The quantitative estimate of drug-likeness (QED) is 0.784. The molecular formula is C17H25NO2. The molecule has 0 spiro atoms. The van der Waals surface area contributed by atoms with E-state index in [1.165, 1.54) is 6.08 Å². The minimum absolute atomic E-state index is 0.185. The molecule has 0 aromatic heterocycles. The third-order valence-corrected chi connectivity index (χ3v) is 2.96. The summed E-state index contributed by atoms with van der Waals surface area (Å²) < 4.78 is 0. The number of nitrogens with one attached hydrogen (secondary N) is 1. The van der Waals surface area contributed by atoms with Crippen LogP contribution in [0.3, 0.4) is 0 Å². The van der Waals surface area contributed by atoms with Crippen LogP contribution >= 0.6 is 0 Å². The summed E-state index contributed by atoms with van der Waals surface area (Å²) >= 11 is 0. The maximum Gasteiger partial charge on any atom is 0.244 e. The molecule has 0 fully saturated rings. The van der Waals surface area contributed by atoms with Crippen molar-refractivity contribution < 1.29 is 9.90 Å². The Morgan fingerprint density at radius 3 is 2.75 bits per heavy atom. The normalized spacial score (nSPS) is 14.5. The molecule has 1 amide bonds. The van der Waals surface area contributed by atoms with Crippen LogP contribution in [-0.2, 0) is 4.79 Å². The first-order valence-electron chi connectivity index (χ1n) is 7.03. The monoisotopic (exact) mass is 275 g/mol. The van der Waals surface area contributed by atoms with Crippen molar-refractivity contribution in [3.63, 3.8) is 0 Å². The smallest absolute Gasteiger partial charge is 0.244 e. The van der Waals surface area contributed by atoms with Gasteiger partial charge in [0.1, 0.15) is 0 Å². The number of rotatable bonds is 6. The van der Waals surface area contributed by atoms with Gasteiger partial charge >= 0.3 is 0 Å². The minimum atomic E-state index is -0.860. The largest absolute Gasteiger partial charge is 0.388 e. The van der Waals surface area contributed by atoms with Crippen LogP contribution in [0.4, 0.5) is 0 Å². The summed E-state index contributed by atoms with van der Waals surface area (Å²) in [6.07, 6.45) is 3.94. The van der Waals surface area contributed by atoms with Crippen molar-refractivity contribution in [2.45, 2.75) is 39.7 Å². The van der Waals surface area contributed by atoms with E-state index in [1.807, 2.05) is 45.0 Å². The van der Waals surface area contributed by atoms with Crippen LogP contribution in [0, 0.1) is 12.8 Å². The lowest BCUT2D eigenvalue weighted by Gasteiger charge is -2.25. The predicted octanol–water partition coefficient (Wildman–Crippen LogP) is 2.92. The van der Waals surface area contributed by atoms with Crippen molar-refractivity contribution >= 4 is 12.0 Å². The van der Waals surface area contributed by atoms with Crippen LogP contribution in [0.15, 0.2) is 30.3 Å². The lowest BCUT2D eigenvalue weighted by Crippen LogP contribution is -2.40. The van der Waals surface area contributed by atoms with Crippen molar-refractivity contribution in [3.05, 3.63) is 41.5 Å². The highest BCUT2D eigenvalue weighted by molar-refractivity contribution is 5.91. The highest BCUT2D eigenvalue weighted by Gasteiger charge is 2.21. The molecule has 0 aliphatic heterocycles. The summed E-state index contributed by atoms with van der Waals surface area (Å²) in [4.78, 5) is 11.7. The molecule has 0 saturated heterocycles. The molecule has 3 nitrogen and oxygen atoms in total. The van der Waals surface area contributed by atoms with E-state index in [0.29, 0.717) is 12.3 Å². The second-order valence-corrected chi connectivity index (χ2v) is 6.06. The number of hydrogen-bond donors (Lipinski definition) is 2. The Kier molecular flexibility index (Phi) is 5.96. The Bertz CT molecular complexity index is 476. The summed E-state index contributed by atoms with van der Waals surface area (Å²) in [6, 6.07) is 7.94. The lowest BCUT2D eigenvalue weighted by atomic mass is 9.94. The number of amides is 1. The van der Waals surface area contributed by atoms with E-state index in [0.717, 1.165) is 11.1 Å². The molecule has 0 aliphatic rings. The average Bonchev–Trinajstić information content (AvgIpc) is 2.32. The first-order chi connectivity index (χ1) is 9.28. The highest BCUT2D eigenvalue weighted by Crippen LogP contribution is 2.15. The average molecular weight is 275 g/mol. The molecule has 1 unspecified atom stereocenters. The van der Waals surface area contributed by atoms with Crippen molar-refractivity contribution in [1.82, 2.24) is 5.32 Å². The van der Waals surface area contributed by atoms with Crippen LogP contribution in [0.2, 0.25) is 0 Å². The van der Waals surface area contributed by atoms with Gasteiger partial charge in [0, 0.05) is 12.6 Å². The zero-order valence-electron chi connectivity index (χ0n) is 12.8. The molecule has 1 rings (SSSR count). The van der Waals surface area contributed by atoms with Gasteiger partial charge in [0.25, 0.3) is 0 Å². The van der Waals surface area contributed by atoms with Gasteiger partial charge in [0.15, 0.2) is 0 Å². The standard InChI is InChI=1S/C17H25NO2/c1-13(2)11-17(4,20)12-18-16(19)9-8-15-7-5-6-14(3)10-15/h5-10,13,20H,11-12H2,1-4H3,(H,18,19). The van der Waals surface area contributed by atoms with E-state index in [-0.39, 0.29) is 12.5 Å². The van der Waals surface area contributed by atoms with Crippen molar-refractivity contribution in [2.24, 2.45) is 5.92 Å². The van der Waals surface area contributed by atoms with Gasteiger partial charge in [0.2, 0.25) is 5.91 Å². The summed E-state index contributed by atoms with van der Waals surface area (Å²) in [6.45, 7) is 8.13. The zero-order valence-corrected chi connectivity index (χ0v) is 12.8. The van der Waals surface area contributed by atoms with Crippen LogP contribution in [-0.4, -0.2) is 23.2 Å². The molecule has 1 aromatic carbocycles. The van der Waals surface area contributed by atoms with E-state index in [2.05, 4.69) is 5.32 Å². The van der Waals surface area contributed by atoms with Gasteiger partial charge < -0.3 is 10.4 Å². The lowest BCUT2D eigenvalue weighted by molar-refractivity contribution is -0.117. The Morgan fingerprint density at radius 1 is 1.45 bits per heavy atom. The molecule has 1 aromatic rings. The second kappa shape index (κ2) is 7.25. The summed E-state index contributed by atoms with van der Waals surface area (Å²) in [5, 5.41) is 12.9. The second-order valence-electron chi connectivity index (χ2n) is 6.06. The van der Waals surface area contributed by atoms with Gasteiger partial charge in [-0.1, -0.05) is 43.7 Å². The molecular weight excluding hydrogens is 250 g/mol. The van der Waals surface area contributed by atoms with E-state index < -0.39 is 5.60 Å². The number of benzene rings is 1. The minimum Gasteiger partial charge on any atom is -0.388 e. The predicted molar refractivity (Wildman–Crippen MR) is 83.3 cm³/mol. The van der Waals surface area contributed by atoms with Crippen molar-refractivity contribution in [3.8, 4) is 0 Å². The van der Waals surface area contributed by atoms with Crippen LogP contribution in [0.25, 0.3) is 6.08 Å². The van der Waals surface area contributed by atoms with Crippen LogP contribution in [0.1, 0.15) is 38.3 Å². The van der Waals surface area contributed by atoms with E-state index >= 15 is 0 Å². The molecule has 0 saturated carbocycles. The van der Waals surface area contributed by atoms with E-state index in [4.69, 9.17) is 0 Å². The van der Waals surface area contributed by atoms with Crippen molar-refractivity contribution in [1.29, 1.82) is 0 Å². The Labute approximate surface area is 121 Å². The first-order valence-corrected chi connectivity index (χ1v) is 7.03. The highest BCUT2D eigenvalue weighted by atomic mass is 16.3. The molecule has 0 radical (unpaired) electrons. The number of hydrogen-bond acceptors (Lipinski definition) is 2. The molecule has 0 heterocycles. The van der Waals surface area contributed by atoms with Gasteiger partial charge in [-0.25, -0.2) is 0 Å². The van der Waals surface area contributed by atoms with Crippen LogP contribution in [0.5, 0.6) is 0 Å². The summed E-state index contributed by atoms with van der Waals surface area (Å²) in [5.41, 5.74) is 1.29. The number of carbonyl (C=O) groups excluding carboxylic acids is 1. The molecule has 1 atom stereocenters. The van der Waals surface area contributed by atoms with Gasteiger partial charge in [-0.2, -0.15) is 0 Å². The third kappa shape index (κ3) is 6.53. The van der Waals surface area contributed by atoms with E-state index in [1.54, 1.807) is 13.0 Å². The van der Waals surface area contributed by atoms with Gasteiger partial charge in [-0.15, -0.1) is 0 Å². The van der Waals surface area contributed by atoms with Crippen LogP contribution < -0.4 is 5.32 Å². The Morgan fingerprint density at radius 2 is 2.15 bits per heavy atom. The summed E-state index contributed by atoms with van der Waals surface area (Å²) in [5.74, 6) is 0.209. The third-order valence-electron chi connectivity index (χ3n) is 2.96. The van der Waals surface area contributed by atoms with Crippen molar-refractivity contribution in [2.75, 3.05) is 6.54 Å². The molecule has 20 heavy (non-hydrogen) atoms. The summed E-state index contributed by atoms with van der Waals surface area (Å²) in [7, 11) is 0. The van der Waals surface area contributed by atoms with Gasteiger partial charge in [-0.3, -0.25) is 4.79 Å². The maximum atomic E-state index is 11.7. The molecule has 2 N–H and O–H groups in total. The number of aryl methyl sites for hydroxylation is 1. The molecule has 110 valence electrons. The van der Waals surface area contributed by atoms with Gasteiger partial charge in [-0.05, 0) is 37.8 Å². The number of aliphatic hydroxyl groups is 1. The van der Waals surface area contributed by atoms with Gasteiger partial charge in [0.05, 0.1) is 5.60 Å². The fraction of sp³-hybridized carbons (Fsp3) is 0.471. The first kappa shape index (κ1) is 16.4. The maximum absolute atomic E-state index is 11.7.